The monoisotopic (exact) mass is 285 g/mol. The molecule has 110 valence electrons. The fourth-order valence-corrected chi connectivity index (χ4v) is 2.53. The minimum Gasteiger partial charge on any atom is -0.353 e. The van der Waals surface area contributed by atoms with Crippen LogP contribution in [0.3, 0.4) is 0 Å². The van der Waals surface area contributed by atoms with Crippen molar-refractivity contribution in [2.45, 2.75) is 38.8 Å². The van der Waals surface area contributed by atoms with Gasteiger partial charge in [0.15, 0.2) is 0 Å². The fraction of sp³-hybridized carbons (Fsp3) is 0.438. The SMILES string of the molecule is C[C@@H](NC(=O)CCn1cnc2ccccc2c1=O)C1CC1. The van der Waals surface area contributed by atoms with Gasteiger partial charge in [-0.25, -0.2) is 4.98 Å². The van der Waals surface area contributed by atoms with Crippen molar-refractivity contribution >= 4 is 16.8 Å². The lowest BCUT2D eigenvalue weighted by Crippen LogP contribution is -2.35. The number of hydrogen-bond acceptors (Lipinski definition) is 3. The first-order valence-electron chi connectivity index (χ1n) is 7.38. The lowest BCUT2D eigenvalue weighted by Gasteiger charge is -2.13. The maximum absolute atomic E-state index is 12.3. The highest BCUT2D eigenvalue weighted by Crippen LogP contribution is 2.32. The number of carbonyl (C=O) groups excluding carboxylic acids is 1. The largest absolute Gasteiger partial charge is 0.353 e. The number of benzene rings is 1. The number of aromatic nitrogens is 2. The molecule has 1 fully saturated rings. The van der Waals surface area contributed by atoms with Gasteiger partial charge in [0.2, 0.25) is 5.91 Å². The molecule has 1 aromatic carbocycles. The third kappa shape index (κ3) is 3.12. The summed E-state index contributed by atoms with van der Waals surface area (Å²) in [4.78, 5) is 28.4. The molecule has 1 aromatic heterocycles. The van der Waals surface area contributed by atoms with Gasteiger partial charge in [-0.15, -0.1) is 0 Å². The molecule has 0 bridgehead atoms. The zero-order chi connectivity index (χ0) is 14.8. The van der Waals surface area contributed by atoms with Crippen LogP contribution in [0.15, 0.2) is 35.4 Å². The van der Waals surface area contributed by atoms with E-state index in [-0.39, 0.29) is 17.5 Å². The Morgan fingerprint density at radius 2 is 2.19 bits per heavy atom. The van der Waals surface area contributed by atoms with Crippen molar-refractivity contribution in [3.8, 4) is 0 Å². The Hall–Kier alpha value is -2.17. The second-order valence-electron chi connectivity index (χ2n) is 5.70. The molecule has 1 aliphatic rings. The van der Waals surface area contributed by atoms with Crippen molar-refractivity contribution in [2.24, 2.45) is 5.92 Å². The van der Waals surface area contributed by atoms with Gasteiger partial charge in [-0.3, -0.25) is 14.2 Å². The number of rotatable bonds is 5. The first-order chi connectivity index (χ1) is 10.1. The van der Waals surface area contributed by atoms with Gasteiger partial charge in [-0.2, -0.15) is 0 Å². The Morgan fingerprint density at radius 3 is 2.95 bits per heavy atom. The zero-order valence-electron chi connectivity index (χ0n) is 12.1. The quantitative estimate of drug-likeness (QED) is 0.909. The van der Waals surface area contributed by atoms with Gasteiger partial charge in [-0.05, 0) is 37.8 Å². The van der Waals surface area contributed by atoms with Crippen LogP contribution >= 0.6 is 0 Å². The van der Waals surface area contributed by atoms with Crippen molar-refractivity contribution in [2.75, 3.05) is 0 Å². The summed E-state index contributed by atoms with van der Waals surface area (Å²) < 4.78 is 1.50. The number of nitrogens with zero attached hydrogens (tertiary/aromatic N) is 2. The van der Waals surface area contributed by atoms with Gasteiger partial charge < -0.3 is 5.32 Å². The Balaban J connectivity index is 1.66. The first kappa shape index (κ1) is 13.8. The van der Waals surface area contributed by atoms with Crippen LogP contribution in [-0.2, 0) is 11.3 Å². The normalized spacial score (nSPS) is 15.9. The van der Waals surface area contributed by atoms with Gasteiger partial charge in [0.1, 0.15) is 0 Å². The molecule has 21 heavy (non-hydrogen) atoms. The van der Waals surface area contributed by atoms with E-state index in [0.29, 0.717) is 29.8 Å². The predicted molar refractivity (Wildman–Crippen MR) is 80.9 cm³/mol. The number of nitrogens with one attached hydrogen (secondary N) is 1. The summed E-state index contributed by atoms with van der Waals surface area (Å²) in [6.07, 6.45) is 4.23. The molecule has 1 aliphatic carbocycles. The maximum atomic E-state index is 12.3. The molecule has 0 radical (unpaired) electrons. The molecule has 0 spiro atoms. The van der Waals surface area contributed by atoms with Crippen molar-refractivity contribution in [1.29, 1.82) is 0 Å². The summed E-state index contributed by atoms with van der Waals surface area (Å²) in [5, 5.41) is 3.58. The van der Waals surface area contributed by atoms with Crippen LogP contribution in [-0.4, -0.2) is 21.5 Å². The second-order valence-corrected chi connectivity index (χ2v) is 5.70. The summed E-state index contributed by atoms with van der Waals surface area (Å²) in [5.41, 5.74) is 0.592. The van der Waals surface area contributed by atoms with Gasteiger partial charge in [0.05, 0.1) is 17.2 Å². The van der Waals surface area contributed by atoms with E-state index in [9.17, 15) is 9.59 Å². The molecule has 0 saturated heterocycles. The smallest absolute Gasteiger partial charge is 0.261 e. The number of fused-ring (bicyclic) bond motifs is 1. The van der Waals surface area contributed by atoms with Crippen molar-refractivity contribution in [3.05, 3.63) is 40.9 Å². The molecule has 0 aliphatic heterocycles. The highest BCUT2D eigenvalue weighted by Gasteiger charge is 2.28. The van der Waals surface area contributed by atoms with Crippen LogP contribution in [0.2, 0.25) is 0 Å². The van der Waals surface area contributed by atoms with Crippen LogP contribution in [0.5, 0.6) is 0 Å². The molecular weight excluding hydrogens is 266 g/mol. The summed E-state index contributed by atoms with van der Waals surface area (Å²) in [5.74, 6) is 0.633. The van der Waals surface area contributed by atoms with Crippen molar-refractivity contribution < 1.29 is 4.79 Å². The average Bonchev–Trinajstić information content (AvgIpc) is 3.31. The molecule has 0 unspecified atom stereocenters. The lowest BCUT2D eigenvalue weighted by molar-refractivity contribution is -0.122. The molecule has 1 heterocycles. The third-order valence-corrected chi connectivity index (χ3v) is 4.03. The van der Waals surface area contributed by atoms with Gasteiger partial charge in [-0.1, -0.05) is 12.1 Å². The van der Waals surface area contributed by atoms with Gasteiger partial charge >= 0.3 is 0 Å². The zero-order valence-corrected chi connectivity index (χ0v) is 12.1. The molecule has 5 nitrogen and oxygen atoms in total. The molecular formula is C16H19N3O2. The Labute approximate surface area is 123 Å². The minimum atomic E-state index is -0.0939. The molecule has 5 heteroatoms. The Bertz CT molecular complexity index is 719. The van der Waals surface area contributed by atoms with Crippen LogP contribution in [0.1, 0.15) is 26.2 Å². The Kier molecular flexibility index (Phi) is 3.73. The molecule has 3 rings (SSSR count). The molecule has 1 saturated carbocycles. The fourth-order valence-electron chi connectivity index (χ4n) is 2.53. The molecule has 1 amide bonds. The van der Waals surface area contributed by atoms with E-state index in [1.165, 1.54) is 23.7 Å². The standard InChI is InChI=1S/C16H19N3O2/c1-11(12-6-7-12)18-15(20)8-9-19-10-17-14-5-3-2-4-13(14)16(19)21/h2-5,10-12H,6-9H2,1H3,(H,18,20)/t11-/m1/s1. The Morgan fingerprint density at radius 1 is 1.43 bits per heavy atom. The summed E-state index contributed by atoms with van der Waals surface area (Å²) >= 11 is 0. The topological polar surface area (TPSA) is 64.0 Å². The number of aryl methyl sites for hydroxylation is 1. The predicted octanol–water partition coefficient (Wildman–Crippen LogP) is 1.70. The summed E-state index contributed by atoms with van der Waals surface area (Å²) in [7, 11) is 0. The van der Waals surface area contributed by atoms with E-state index in [0.717, 1.165) is 0 Å². The van der Waals surface area contributed by atoms with Crippen LogP contribution in [0.25, 0.3) is 10.9 Å². The third-order valence-electron chi connectivity index (χ3n) is 4.03. The van der Waals surface area contributed by atoms with E-state index in [4.69, 9.17) is 0 Å². The number of carbonyl (C=O) groups is 1. The van der Waals surface area contributed by atoms with E-state index in [1.54, 1.807) is 6.07 Å². The van der Waals surface area contributed by atoms with Gasteiger partial charge in [0, 0.05) is 19.0 Å². The van der Waals surface area contributed by atoms with Crippen molar-refractivity contribution in [3.63, 3.8) is 0 Å². The van der Waals surface area contributed by atoms with Gasteiger partial charge in [0.25, 0.3) is 5.56 Å². The van der Waals surface area contributed by atoms with Crippen LogP contribution < -0.4 is 10.9 Å². The van der Waals surface area contributed by atoms with E-state index in [1.807, 2.05) is 25.1 Å². The average molecular weight is 285 g/mol. The minimum absolute atomic E-state index is 0.00513. The number of amides is 1. The molecule has 2 aromatic rings. The van der Waals surface area contributed by atoms with E-state index in [2.05, 4.69) is 10.3 Å². The highest BCUT2D eigenvalue weighted by molar-refractivity contribution is 5.77. The molecule has 1 atom stereocenters. The molecule has 1 N–H and O–H groups in total. The summed E-state index contributed by atoms with van der Waals surface area (Å²) in [6, 6.07) is 7.48. The number of hydrogen-bond donors (Lipinski definition) is 1. The lowest BCUT2D eigenvalue weighted by atomic mass is 10.2. The summed E-state index contributed by atoms with van der Waals surface area (Å²) in [6.45, 7) is 2.40. The van der Waals surface area contributed by atoms with Crippen LogP contribution in [0, 0.1) is 5.92 Å². The van der Waals surface area contributed by atoms with Crippen molar-refractivity contribution in [1.82, 2.24) is 14.9 Å². The highest BCUT2D eigenvalue weighted by atomic mass is 16.2. The van der Waals surface area contributed by atoms with Crippen LogP contribution in [0.4, 0.5) is 0 Å². The number of para-hydroxylation sites is 1. The maximum Gasteiger partial charge on any atom is 0.261 e. The van der Waals surface area contributed by atoms with E-state index < -0.39 is 0 Å². The first-order valence-corrected chi connectivity index (χ1v) is 7.38. The second kappa shape index (κ2) is 5.68. The van der Waals surface area contributed by atoms with E-state index >= 15 is 0 Å².